The van der Waals surface area contributed by atoms with Gasteiger partial charge in [-0.3, -0.25) is 4.79 Å². The highest BCUT2D eigenvalue weighted by Gasteiger charge is 2.14. The van der Waals surface area contributed by atoms with Crippen molar-refractivity contribution < 1.29 is 4.79 Å². The second-order valence-corrected chi connectivity index (χ2v) is 5.90. The lowest BCUT2D eigenvalue weighted by molar-refractivity contribution is 0.0948. The number of hydrogen-bond acceptors (Lipinski definition) is 3. The van der Waals surface area contributed by atoms with E-state index in [2.05, 4.69) is 17.6 Å². The Morgan fingerprint density at radius 3 is 2.69 bits per heavy atom. The van der Waals surface area contributed by atoms with Crippen LogP contribution in [0.25, 0.3) is 0 Å². The number of hydrogen-bond donors (Lipinski definition) is 2. The molecule has 1 heterocycles. The first-order chi connectivity index (χ1) is 7.54. The minimum absolute atomic E-state index is 0.170. The highest BCUT2D eigenvalue weighted by atomic mass is 35.5. The van der Waals surface area contributed by atoms with Gasteiger partial charge in [0, 0.05) is 6.54 Å². The summed E-state index contributed by atoms with van der Waals surface area (Å²) in [5, 5.41) is 5.87. The van der Waals surface area contributed by atoms with Crippen LogP contribution < -0.4 is 10.6 Å². The molecule has 1 atom stereocenters. The summed E-state index contributed by atoms with van der Waals surface area (Å²) < 4.78 is 0.960. The van der Waals surface area contributed by atoms with Crippen molar-refractivity contribution in [1.82, 2.24) is 10.6 Å². The van der Waals surface area contributed by atoms with E-state index in [0.29, 0.717) is 26.7 Å². The van der Waals surface area contributed by atoms with Crippen molar-refractivity contribution in [3.63, 3.8) is 0 Å². The Morgan fingerprint density at radius 1 is 1.50 bits per heavy atom. The molecule has 3 nitrogen and oxygen atoms in total. The Bertz CT molecular complexity index is 368. The summed E-state index contributed by atoms with van der Waals surface area (Å²) in [7, 11) is 1.88. The van der Waals surface area contributed by atoms with Crippen LogP contribution in [0.4, 0.5) is 0 Å². The predicted molar refractivity (Wildman–Crippen MR) is 69.8 cm³/mol. The van der Waals surface area contributed by atoms with Gasteiger partial charge in [-0.05, 0) is 25.6 Å². The monoisotopic (exact) mass is 280 g/mol. The van der Waals surface area contributed by atoms with Gasteiger partial charge in [0.1, 0.15) is 4.34 Å². The summed E-state index contributed by atoms with van der Waals surface area (Å²) in [6.07, 6.45) is 0. The number of amides is 1. The second kappa shape index (κ2) is 6.45. The number of thiophene rings is 1. The second-order valence-electron chi connectivity index (χ2n) is 3.61. The van der Waals surface area contributed by atoms with Crippen LogP contribution in [0.15, 0.2) is 6.07 Å². The van der Waals surface area contributed by atoms with E-state index < -0.39 is 0 Å². The number of rotatable bonds is 5. The molecule has 0 aliphatic carbocycles. The van der Waals surface area contributed by atoms with Crippen LogP contribution in [0.3, 0.4) is 0 Å². The molecular weight excluding hydrogens is 267 g/mol. The maximum absolute atomic E-state index is 11.7. The molecule has 1 unspecified atom stereocenters. The van der Waals surface area contributed by atoms with E-state index in [1.165, 1.54) is 11.3 Å². The van der Waals surface area contributed by atoms with Gasteiger partial charge in [-0.15, -0.1) is 11.3 Å². The Hall–Kier alpha value is -0.290. The van der Waals surface area contributed by atoms with Crippen molar-refractivity contribution in [2.45, 2.75) is 6.92 Å². The highest BCUT2D eigenvalue weighted by molar-refractivity contribution is 7.20. The molecule has 1 aromatic heterocycles. The van der Waals surface area contributed by atoms with Crippen LogP contribution in [0.2, 0.25) is 8.67 Å². The Balaban J connectivity index is 2.50. The predicted octanol–water partition coefficient (Wildman–Crippen LogP) is 2.64. The van der Waals surface area contributed by atoms with Gasteiger partial charge in [0.2, 0.25) is 0 Å². The maximum atomic E-state index is 11.7. The van der Waals surface area contributed by atoms with Crippen molar-refractivity contribution in [2.75, 3.05) is 20.1 Å². The number of halogens is 2. The smallest absolute Gasteiger partial charge is 0.253 e. The molecule has 16 heavy (non-hydrogen) atoms. The molecule has 0 bridgehead atoms. The van der Waals surface area contributed by atoms with E-state index in [4.69, 9.17) is 23.2 Å². The summed E-state index contributed by atoms with van der Waals surface area (Å²) in [6.45, 7) is 3.53. The average Bonchev–Trinajstić information content (AvgIpc) is 2.55. The van der Waals surface area contributed by atoms with E-state index in [-0.39, 0.29) is 5.91 Å². The van der Waals surface area contributed by atoms with Gasteiger partial charge < -0.3 is 10.6 Å². The Morgan fingerprint density at radius 2 is 2.19 bits per heavy atom. The third-order valence-corrected chi connectivity index (χ3v) is 3.55. The summed E-state index contributed by atoms with van der Waals surface area (Å²) in [5.41, 5.74) is 0.452. The van der Waals surface area contributed by atoms with Crippen molar-refractivity contribution in [2.24, 2.45) is 5.92 Å². The largest absolute Gasteiger partial charge is 0.352 e. The SMILES string of the molecule is CNCC(C)CNC(=O)c1cc(Cl)sc1Cl. The Kier molecular flexibility index (Phi) is 5.55. The first kappa shape index (κ1) is 13.8. The maximum Gasteiger partial charge on any atom is 0.253 e. The molecule has 0 aromatic carbocycles. The number of nitrogens with one attached hydrogen (secondary N) is 2. The standard InChI is InChI=1S/C10H14Cl2N2OS/c1-6(4-13-2)5-14-10(15)7-3-8(11)16-9(7)12/h3,6,13H,4-5H2,1-2H3,(H,14,15). The molecule has 90 valence electrons. The summed E-state index contributed by atoms with van der Waals surface area (Å²) in [4.78, 5) is 11.7. The summed E-state index contributed by atoms with van der Waals surface area (Å²) in [5.74, 6) is 0.206. The summed E-state index contributed by atoms with van der Waals surface area (Å²) in [6, 6.07) is 1.59. The van der Waals surface area contributed by atoms with Crippen LogP contribution in [0.1, 0.15) is 17.3 Å². The normalized spacial score (nSPS) is 12.5. The van der Waals surface area contributed by atoms with Gasteiger partial charge in [0.15, 0.2) is 0 Å². The first-order valence-electron chi connectivity index (χ1n) is 4.92. The van der Waals surface area contributed by atoms with Crippen LogP contribution in [0.5, 0.6) is 0 Å². The molecule has 2 N–H and O–H groups in total. The average molecular weight is 281 g/mol. The molecule has 0 saturated carbocycles. The quantitative estimate of drug-likeness (QED) is 0.871. The van der Waals surface area contributed by atoms with Gasteiger partial charge in [0.25, 0.3) is 5.91 Å². The molecule has 0 saturated heterocycles. The van der Waals surface area contributed by atoms with E-state index in [9.17, 15) is 4.79 Å². The van der Waals surface area contributed by atoms with Gasteiger partial charge in [-0.2, -0.15) is 0 Å². The van der Waals surface area contributed by atoms with Crippen LogP contribution in [0, 0.1) is 5.92 Å². The number of carbonyl (C=O) groups is 1. The van der Waals surface area contributed by atoms with Gasteiger partial charge >= 0.3 is 0 Å². The van der Waals surface area contributed by atoms with Crippen molar-refractivity contribution >= 4 is 40.4 Å². The third kappa shape index (κ3) is 3.94. The Labute approximate surface area is 109 Å². The van der Waals surface area contributed by atoms with Gasteiger partial charge in [-0.25, -0.2) is 0 Å². The van der Waals surface area contributed by atoms with Crippen molar-refractivity contribution in [1.29, 1.82) is 0 Å². The lowest BCUT2D eigenvalue weighted by Gasteiger charge is -2.11. The van der Waals surface area contributed by atoms with Crippen LogP contribution in [-0.4, -0.2) is 26.0 Å². The third-order valence-electron chi connectivity index (χ3n) is 2.06. The minimum atomic E-state index is -0.170. The minimum Gasteiger partial charge on any atom is -0.352 e. The molecular formula is C10H14Cl2N2OS. The molecule has 0 aliphatic heterocycles. The van der Waals surface area contributed by atoms with E-state index >= 15 is 0 Å². The molecule has 0 radical (unpaired) electrons. The van der Waals surface area contributed by atoms with E-state index in [1.807, 2.05) is 7.05 Å². The van der Waals surface area contributed by atoms with E-state index in [1.54, 1.807) is 6.07 Å². The lowest BCUT2D eigenvalue weighted by Crippen LogP contribution is -2.32. The summed E-state index contributed by atoms with van der Waals surface area (Å²) >= 11 is 12.8. The molecule has 1 amide bonds. The lowest BCUT2D eigenvalue weighted by atomic mass is 10.2. The van der Waals surface area contributed by atoms with Gasteiger partial charge in [0.05, 0.1) is 9.90 Å². The molecule has 0 fully saturated rings. The molecule has 1 rings (SSSR count). The number of carbonyl (C=O) groups excluding carboxylic acids is 1. The molecule has 0 spiro atoms. The highest BCUT2D eigenvalue weighted by Crippen LogP contribution is 2.30. The topological polar surface area (TPSA) is 41.1 Å². The zero-order chi connectivity index (χ0) is 12.1. The fourth-order valence-electron chi connectivity index (χ4n) is 1.28. The van der Waals surface area contributed by atoms with Crippen molar-refractivity contribution in [3.8, 4) is 0 Å². The zero-order valence-corrected chi connectivity index (χ0v) is 11.5. The fourth-order valence-corrected chi connectivity index (χ4v) is 2.74. The zero-order valence-electron chi connectivity index (χ0n) is 9.14. The fraction of sp³-hybridized carbons (Fsp3) is 0.500. The van der Waals surface area contributed by atoms with Crippen LogP contribution >= 0.6 is 34.5 Å². The van der Waals surface area contributed by atoms with Crippen molar-refractivity contribution in [3.05, 3.63) is 20.3 Å². The molecule has 1 aromatic rings. The van der Waals surface area contributed by atoms with E-state index in [0.717, 1.165) is 6.54 Å². The molecule has 6 heteroatoms. The molecule has 0 aliphatic rings. The van der Waals surface area contributed by atoms with Gasteiger partial charge in [-0.1, -0.05) is 30.1 Å². The first-order valence-corrected chi connectivity index (χ1v) is 6.49. The van der Waals surface area contributed by atoms with Crippen LogP contribution in [-0.2, 0) is 0 Å².